The van der Waals surface area contributed by atoms with Crippen molar-refractivity contribution in [2.24, 2.45) is 0 Å². The van der Waals surface area contributed by atoms with E-state index in [4.69, 9.17) is 0 Å². The Labute approximate surface area is 169 Å². The number of nitrogens with zero attached hydrogens (tertiary/aromatic N) is 2. The second-order valence-corrected chi connectivity index (χ2v) is 7.18. The number of rotatable bonds is 6. The molecule has 4 amide bonds. The Bertz CT molecular complexity index is 999. The van der Waals surface area contributed by atoms with Crippen LogP contribution < -0.4 is 5.32 Å². The average Bonchev–Trinajstić information content (AvgIpc) is 2.90. The zero-order valence-electron chi connectivity index (χ0n) is 16.7. The Morgan fingerprint density at radius 3 is 2.48 bits per heavy atom. The van der Waals surface area contributed by atoms with Gasteiger partial charge in [-0.2, -0.15) is 0 Å². The van der Waals surface area contributed by atoms with E-state index in [9.17, 15) is 19.2 Å². The van der Waals surface area contributed by atoms with Gasteiger partial charge in [-0.1, -0.05) is 23.8 Å². The minimum atomic E-state index is -0.368. The van der Waals surface area contributed by atoms with Crippen LogP contribution in [0.4, 0.5) is 5.69 Å². The predicted molar refractivity (Wildman–Crippen MR) is 108 cm³/mol. The number of imide groups is 1. The Hall–Kier alpha value is -3.48. The van der Waals surface area contributed by atoms with Crippen LogP contribution in [0, 0.1) is 6.92 Å². The lowest BCUT2D eigenvalue weighted by Gasteiger charge is -2.16. The van der Waals surface area contributed by atoms with E-state index in [0.29, 0.717) is 23.4 Å². The van der Waals surface area contributed by atoms with Crippen molar-refractivity contribution in [3.8, 4) is 0 Å². The van der Waals surface area contributed by atoms with Crippen LogP contribution in [-0.4, -0.2) is 47.0 Å². The molecule has 0 saturated carbocycles. The zero-order valence-corrected chi connectivity index (χ0v) is 16.7. The number of carbonyl (C=O) groups excluding carboxylic acids is 4. The van der Waals surface area contributed by atoms with Crippen molar-refractivity contribution in [2.45, 2.75) is 26.8 Å². The summed E-state index contributed by atoms with van der Waals surface area (Å²) in [5.41, 5.74) is 3.15. The van der Waals surface area contributed by atoms with Crippen LogP contribution in [0.2, 0.25) is 0 Å². The number of nitrogens with one attached hydrogen (secondary N) is 1. The average molecular weight is 393 g/mol. The van der Waals surface area contributed by atoms with E-state index in [2.05, 4.69) is 5.32 Å². The molecule has 1 heterocycles. The fourth-order valence-electron chi connectivity index (χ4n) is 3.18. The van der Waals surface area contributed by atoms with Gasteiger partial charge in [0.25, 0.3) is 11.8 Å². The van der Waals surface area contributed by atoms with E-state index in [1.165, 1.54) is 6.92 Å². The van der Waals surface area contributed by atoms with E-state index in [0.717, 1.165) is 16.0 Å². The fraction of sp³-hybridized carbons (Fsp3) is 0.273. The monoisotopic (exact) mass is 393 g/mol. The third kappa shape index (κ3) is 4.51. The summed E-state index contributed by atoms with van der Waals surface area (Å²) >= 11 is 0. The predicted octanol–water partition coefficient (Wildman–Crippen LogP) is 2.60. The summed E-state index contributed by atoms with van der Waals surface area (Å²) in [4.78, 5) is 51.3. The van der Waals surface area contributed by atoms with Gasteiger partial charge >= 0.3 is 0 Å². The number of benzene rings is 2. The lowest BCUT2D eigenvalue weighted by molar-refractivity contribution is -0.128. The minimum Gasteiger partial charge on any atom is -0.342 e. The zero-order chi connectivity index (χ0) is 21.1. The molecule has 2 aromatic rings. The number of hydrogen-bond donors (Lipinski definition) is 1. The lowest BCUT2D eigenvalue weighted by Crippen LogP contribution is -2.32. The number of aryl methyl sites for hydroxylation is 1. The molecule has 3 rings (SSSR count). The Kier molecular flexibility index (Phi) is 5.77. The van der Waals surface area contributed by atoms with Crippen molar-refractivity contribution >= 4 is 29.3 Å². The summed E-state index contributed by atoms with van der Waals surface area (Å²) in [6.45, 7) is 3.81. The topological polar surface area (TPSA) is 86.8 Å². The molecular weight excluding hydrogens is 370 g/mol. The lowest BCUT2D eigenvalue weighted by atomic mass is 10.1. The highest BCUT2D eigenvalue weighted by Crippen LogP contribution is 2.24. The van der Waals surface area contributed by atoms with Crippen molar-refractivity contribution < 1.29 is 19.2 Å². The van der Waals surface area contributed by atoms with Crippen molar-refractivity contribution in [1.82, 2.24) is 9.80 Å². The summed E-state index contributed by atoms with van der Waals surface area (Å²) in [7, 11) is 1.71. The van der Waals surface area contributed by atoms with Crippen LogP contribution in [0.25, 0.3) is 0 Å². The van der Waals surface area contributed by atoms with Crippen LogP contribution in [0.1, 0.15) is 45.2 Å². The molecule has 2 aromatic carbocycles. The van der Waals surface area contributed by atoms with E-state index >= 15 is 0 Å². The molecule has 0 bridgehead atoms. The normalized spacial score (nSPS) is 12.7. The van der Waals surface area contributed by atoms with Crippen LogP contribution >= 0.6 is 0 Å². The molecule has 7 heteroatoms. The molecule has 0 spiro atoms. The minimum absolute atomic E-state index is 0.00201. The molecule has 0 fully saturated rings. The molecule has 1 aliphatic heterocycles. The molecule has 1 N–H and O–H groups in total. The van der Waals surface area contributed by atoms with E-state index in [1.807, 2.05) is 13.0 Å². The Morgan fingerprint density at radius 2 is 1.76 bits per heavy atom. The third-order valence-electron chi connectivity index (χ3n) is 4.86. The summed E-state index contributed by atoms with van der Waals surface area (Å²) in [5, 5.41) is 2.78. The maximum atomic E-state index is 12.5. The van der Waals surface area contributed by atoms with Crippen molar-refractivity contribution in [3.05, 3.63) is 64.7 Å². The molecule has 0 saturated heterocycles. The largest absolute Gasteiger partial charge is 0.342 e. The molecule has 1 aliphatic rings. The van der Waals surface area contributed by atoms with E-state index in [1.54, 1.807) is 48.3 Å². The second kappa shape index (κ2) is 8.26. The Balaban J connectivity index is 1.59. The Morgan fingerprint density at radius 1 is 1.03 bits per heavy atom. The van der Waals surface area contributed by atoms with Gasteiger partial charge in [0.15, 0.2) is 0 Å². The van der Waals surface area contributed by atoms with Crippen molar-refractivity contribution in [2.75, 3.05) is 18.9 Å². The molecule has 0 radical (unpaired) electrons. The number of hydrogen-bond acceptors (Lipinski definition) is 4. The summed E-state index contributed by atoms with van der Waals surface area (Å²) in [6, 6.07) is 12.3. The first kappa shape index (κ1) is 20.3. The first-order valence-corrected chi connectivity index (χ1v) is 9.33. The van der Waals surface area contributed by atoms with Gasteiger partial charge in [0, 0.05) is 39.2 Å². The van der Waals surface area contributed by atoms with Gasteiger partial charge in [-0.05, 0) is 36.8 Å². The summed E-state index contributed by atoms with van der Waals surface area (Å²) < 4.78 is 0. The standard InChI is InChI=1S/C22H23N3O4/c1-14-7-8-18-19(11-14)22(29)25(21(18)28)10-9-20(27)23-17-6-4-5-16(12-17)13-24(3)15(2)26/h4-8,11-12H,9-10,13H2,1-3H3,(H,23,27). The first-order valence-electron chi connectivity index (χ1n) is 9.33. The molecule has 0 atom stereocenters. The van der Waals surface area contributed by atoms with Crippen LogP contribution in [0.15, 0.2) is 42.5 Å². The maximum Gasteiger partial charge on any atom is 0.261 e. The van der Waals surface area contributed by atoms with E-state index in [-0.39, 0.29) is 36.6 Å². The van der Waals surface area contributed by atoms with Crippen LogP contribution in [0.3, 0.4) is 0 Å². The van der Waals surface area contributed by atoms with Gasteiger partial charge in [-0.3, -0.25) is 24.1 Å². The van der Waals surface area contributed by atoms with Crippen LogP contribution in [-0.2, 0) is 16.1 Å². The van der Waals surface area contributed by atoms with Gasteiger partial charge in [0.1, 0.15) is 0 Å². The third-order valence-corrected chi connectivity index (χ3v) is 4.86. The number of fused-ring (bicyclic) bond motifs is 1. The molecule has 7 nitrogen and oxygen atoms in total. The molecule has 29 heavy (non-hydrogen) atoms. The molecule has 0 unspecified atom stereocenters. The summed E-state index contributed by atoms with van der Waals surface area (Å²) in [5.74, 6) is -1.08. The smallest absolute Gasteiger partial charge is 0.261 e. The quantitative estimate of drug-likeness (QED) is 0.765. The highest BCUT2D eigenvalue weighted by Gasteiger charge is 2.35. The molecule has 150 valence electrons. The summed E-state index contributed by atoms with van der Waals surface area (Å²) in [6.07, 6.45) is 0.00201. The van der Waals surface area contributed by atoms with Gasteiger partial charge in [-0.25, -0.2) is 0 Å². The second-order valence-electron chi connectivity index (χ2n) is 7.18. The number of carbonyl (C=O) groups is 4. The fourth-order valence-corrected chi connectivity index (χ4v) is 3.18. The van der Waals surface area contributed by atoms with E-state index < -0.39 is 0 Å². The highest BCUT2D eigenvalue weighted by molar-refractivity contribution is 6.21. The molecule has 0 aromatic heterocycles. The van der Waals surface area contributed by atoms with Gasteiger partial charge in [0.2, 0.25) is 11.8 Å². The molecule has 0 aliphatic carbocycles. The van der Waals surface area contributed by atoms with Crippen molar-refractivity contribution in [3.63, 3.8) is 0 Å². The number of amides is 4. The SMILES string of the molecule is CC(=O)N(C)Cc1cccc(NC(=O)CCN2C(=O)c3ccc(C)cc3C2=O)c1. The number of anilines is 1. The van der Waals surface area contributed by atoms with Crippen molar-refractivity contribution in [1.29, 1.82) is 0 Å². The first-order chi connectivity index (χ1) is 13.8. The maximum absolute atomic E-state index is 12.5. The van der Waals surface area contributed by atoms with Gasteiger partial charge in [0.05, 0.1) is 11.1 Å². The van der Waals surface area contributed by atoms with Gasteiger partial charge in [-0.15, -0.1) is 0 Å². The molecular formula is C22H23N3O4. The highest BCUT2D eigenvalue weighted by atomic mass is 16.2. The van der Waals surface area contributed by atoms with Gasteiger partial charge < -0.3 is 10.2 Å². The van der Waals surface area contributed by atoms with Crippen LogP contribution in [0.5, 0.6) is 0 Å².